The number of para-hydroxylation sites is 3. The van der Waals surface area contributed by atoms with E-state index in [1.165, 1.54) is 5.56 Å². The largest absolute Gasteiger partial charge is 0.455 e. The highest BCUT2D eigenvalue weighted by Gasteiger charge is 2.09. The van der Waals surface area contributed by atoms with Crippen LogP contribution in [-0.4, -0.2) is 5.11 Å². The van der Waals surface area contributed by atoms with Crippen LogP contribution in [0.2, 0.25) is 0 Å². The molecule has 0 saturated carbocycles. The first-order chi connectivity index (χ1) is 12.2. The van der Waals surface area contributed by atoms with Crippen molar-refractivity contribution in [1.29, 1.82) is 0 Å². The van der Waals surface area contributed by atoms with Crippen LogP contribution >= 0.6 is 12.2 Å². The Morgan fingerprint density at radius 1 is 0.840 bits per heavy atom. The number of ether oxygens (including phenoxy) is 1. The molecule has 25 heavy (non-hydrogen) atoms. The average Bonchev–Trinajstić information content (AvgIpc) is 2.65. The Bertz CT molecular complexity index is 822. The van der Waals surface area contributed by atoms with E-state index in [1.807, 2.05) is 72.8 Å². The maximum atomic E-state index is 5.95. The van der Waals surface area contributed by atoms with Crippen molar-refractivity contribution in [2.75, 3.05) is 5.32 Å². The molecule has 0 spiro atoms. The van der Waals surface area contributed by atoms with E-state index in [4.69, 9.17) is 17.0 Å². The van der Waals surface area contributed by atoms with Crippen molar-refractivity contribution in [3.05, 3.63) is 90.5 Å². The molecule has 0 aliphatic heterocycles. The van der Waals surface area contributed by atoms with Gasteiger partial charge in [-0.3, -0.25) is 0 Å². The van der Waals surface area contributed by atoms with Crippen LogP contribution in [0.25, 0.3) is 0 Å². The zero-order valence-corrected chi connectivity index (χ0v) is 14.8. The lowest BCUT2D eigenvalue weighted by Gasteiger charge is -2.19. The molecule has 0 aromatic heterocycles. The molecule has 4 heteroatoms. The summed E-state index contributed by atoms with van der Waals surface area (Å²) in [5.74, 6) is 1.51. The van der Waals surface area contributed by atoms with Crippen molar-refractivity contribution in [2.45, 2.75) is 13.0 Å². The number of hydrogen-bond donors (Lipinski definition) is 2. The first-order valence-electron chi connectivity index (χ1n) is 8.17. The van der Waals surface area contributed by atoms with E-state index < -0.39 is 0 Å². The zero-order chi connectivity index (χ0) is 17.5. The molecule has 0 fully saturated rings. The molecular formula is C21H20N2OS. The van der Waals surface area contributed by atoms with Crippen LogP contribution in [-0.2, 0) is 0 Å². The number of benzene rings is 3. The van der Waals surface area contributed by atoms with Gasteiger partial charge in [-0.2, -0.15) is 0 Å². The van der Waals surface area contributed by atoms with Crippen molar-refractivity contribution >= 4 is 23.0 Å². The molecule has 0 aliphatic rings. The van der Waals surface area contributed by atoms with Gasteiger partial charge < -0.3 is 15.4 Å². The van der Waals surface area contributed by atoms with E-state index in [2.05, 4.69) is 29.7 Å². The molecule has 0 saturated heterocycles. The predicted octanol–water partition coefficient (Wildman–Crippen LogP) is 5.53. The van der Waals surface area contributed by atoms with Crippen LogP contribution in [0.3, 0.4) is 0 Å². The van der Waals surface area contributed by atoms with Gasteiger partial charge in [0.25, 0.3) is 0 Å². The van der Waals surface area contributed by atoms with Crippen molar-refractivity contribution < 1.29 is 4.74 Å². The monoisotopic (exact) mass is 348 g/mol. The van der Waals surface area contributed by atoms with Gasteiger partial charge in [-0.05, 0) is 49.0 Å². The van der Waals surface area contributed by atoms with Crippen LogP contribution < -0.4 is 15.4 Å². The van der Waals surface area contributed by atoms with Gasteiger partial charge in [-0.1, -0.05) is 60.7 Å². The van der Waals surface area contributed by atoms with Gasteiger partial charge in [0.15, 0.2) is 10.9 Å². The van der Waals surface area contributed by atoms with Crippen molar-refractivity contribution in [1.82, 2.24) is 5.32 Å². The summed E-state index contributed by atoms with van der Waals surface area (Å²) in [7, 11) is 0. The molecule has 0 aliphatic carbocycles. The number of anilines is 1. The summed E-state index contributed by atoms with van der Waals surface area (Å²) >= 11 is 5.46. The SMILES string of the molecule is CC(NC(=S)Nc1ccccc1Oc1ccccc1)c1ccccc1. The second kappa shape index (κ2) is 8.31. The number of nitrogens with one attached hydrogen (secondary N) is 2. The summed E-state index contributed by atoms with van der Waals surface area (Å²) in [5, 5.41) is 7.08. The molecule has 0 radical (unpaired) electrons. The maximum absolute atomic E-state index is 5.95. The smallest absolute Gasteiger partial charge is 0.171 e. The molecular weight excluding hydrogens is 328 g/mol. The van der Waals surface area contributed by atoms with E-state index >= 15 is 0 Å². The minimum atomic E-state index is 0.114. The Balaban J connectivity index is 1.67. The molecule has 0 amide bonds. The summed E-state index contributed by atoms with van der Waals surface area (Å²) in [6.45, 7) is 2.08. The molecule has 3 aromatic carbocycles. The van der Waals surface area contributed by atoms with E-state index in [1.54, 1.807) is 0 Å². The normalized spacial score (nSPS) is 11.4. The predicted molar refractivity (Wildman–Crippen MR) is 107 cm³/mol. The van der Waals surface area contributed by atoms with Gasteiger partial charge >= 0.3 is 0 Å². The Morgan fingerprint density at radius 2 is 1.44 bits per heavy atom. The van der Waals surface area contributed by atoms with Crippen LogP contribution in [0.4, 0.5) is 5.69 Å². The first kappa shape index (κ1) is 17.0. The lowest BCUT2D eigenvalue weighted by atomic mass is 10.1. The lowest BCUT2D eigenvalue weighted by Crippen LogP contribution is -2.30. The zero-order valence-electron chi connectivity index (χ0n) is 14.0. The van der Waals surface area contributed by atoms with Gasteiger partial charge in [0.1, 0.15) is 5.75 Å². The fourth-order valence-corrected chi connectivity index (χ4v) is 2.74. The fraction of sp³-hybridized carbons (Fsp3) is 0.0952. The van der Waals surface area contributed by atoms with E-state index in [-0.39, 0.29) is 6.04 Å². The summed E-state index contributed by atoms with van der Waals surface area (Å²) < 4.78 is 5.95. The Hall–Kier alpha value is -2.85. The Morgan fingerprint density at radius 3 is 2.16 bits per heavy atom. The minimum absolute atomic E-state index is 0.114. The third-order valence-corrected chi connectivity index (χ3v) is 3.97. The van der Waals surface area contributed by atoms with Gasteiger partial charge in [0, 0.05) is 0 Å². The molecule has 3 rings (SSSR count). The summed E-state index contributed by atoms with van der Waals surface area (Å²) in [6.07, 6.45) is 0. The van der Waals surface area contributed by atoms with Gasteiger partial charge in [-0.25, -0.2) is 0 Å². The standard InChI is InChI=1S/C21H20N2OS/c1-16(17-10-4-2-5-11-17)22-21(25)23-19-14-8-9-15-20(19)24-18-12-6-3-7-13-18/h2-16H,1H3,(H2,22,23,25). The average molecular weight is 348 g/mol. The Labute approximate surface area is 153 Å². The van der Waals surface area contributed by atoms with Crippen molar-refractivity contribution in [3.8, 4) is 11.5 Å². The molecule has 1 unspecified atom stereocenters. The second-order valence-corrected chi connectivity index (χ2v) is 6.05. The maximum Gasteiger partial charge on any atom is 0.171 e. The highest BCUT2D eigenvalue weighted by molar-refractivity contribution is 7.80. The highest BCUT2D eigenvalue weighted by Crippen LogP contribution is 2.29. The van der Waals surface area contributed by atoms with Crippen LogP contribution in [0.15, 0.2) is 84.9 Å². The highest BCUT2D eigenvalue weighted by atomic mass is 32.1. The van der Waals surface area contributed by atoms with Crippen LogP contribution in [0.1, 0.15) is 18.5 Å². The quantitative estimate of drug-likeness (QED) is 0.594. The van der Waals surface area contributed by atoms with E-state index in [9.17, 15) is 0 Å². The second-order valence-electron chi connectivity index (χ2n) is 5.64. The van der Waals surface area contributed by atoms with Crippen LogP contribution in [0, 0.1) is 0 Å². The topological polar surface area (TPSA) is 33.3 Å². The summed E-state index contributed by atoms with van der Waals surface area (Å²) in [5.41, 5.74) is 2.00. The third-order valence-electron chi connectivity index (χ3n) is 3.75. The molecule has 3 aromatic rings. The van der Waals surface area contributed by atoms with E-state index in [0.717, 1.165) is 17.2 Å². The molecule has 2 N–H and O–H groups in total. The Kier molecular flexibility index (Phi) is 5.65. The number of hydrogen-bond acceptors (Lipinski definition) is 2. The molecule has 1 atom stereocenters. The number of rotatable bonds is 5. The number of thiocarbonyl (C=S) groups is 1. The van der Waals surface area contributed by atoms with Crippen molar-refractivity contribution in [3.63, 3.8) is 0 Å². The third kappa shape index (κ3) is 4.81. The van der Waals surface area contributed by atoms with E-state index in [0.29, 0.717) is 5.11 Å². The fourth-order valence-electron chi connectivity index (χ4n) is 2.45. The minimum Gasteiger partial charge on any atom is -0.455 e. The van der Waals surface area contributed by atoms with Gasteiger partial charge in [0.05, 0.1) is 11.7 Å². The molecule has 0 heterocycles. The molecule has 3 nitrogen and oxygen atoms in total. The first-order valence-corrected chi connectivity index (χ1v) is 8.57. The summed E-state index contributed by atoms with van der Waals surface area (Å²) in [4.78, 5) is 0. The lowest BCUT2D eigenvalue weighted by molar-refractivity contribution is 0.485. The summed E-state index contributed by atoms with van der Waals surface area (Å²) in [6, 6.07) is 27.7. The molecule has 0 bridgehead atoms. The van der Waals surface area contributed by atoms with Gasteiger partial charge in [-0.15, -0.1) is 0 Å². The van der Waals surface area contributed by atoms with Gasteiger partial charge in [0.2, 0.25) is 0 Å². The van der Waals surface area contributed by atoms with Crippen molar-refractivity contribution in [2.24, 2.45) is 0 Å². The van der Waals surface area contributed by atoms with Crippen LogP contribution in [0.5, 0.6) is 11.5 Å². The molecule has 126 valence electrons.